The van der Waals surface area contributed by atoms with Gasteiger partial charge in [0.15, 0.2) is 5.58 Å². The molecule has 1 heterocycles. The van der Waals surface area contributed by atoms with Crippen LogP contribution in [0.2, 0.25) is 0 Å². The number of carboxylic acids is 1. The Bertz CT molecular complexity index is 596. The van der Waals surface area contributed by atoms with E-state index >= 15 is 0 Å². The molecule has 0 aliphatic heterocycles. The Kier molecular flexibility index (Phi) is 2.99. The Balaban J connectivity index is 2.18. The monoisotopic (exact) mass is 235 g/mol. The van der Waals surface area contributed by atoms with Gasteiger partial charge in [-0.1, -0.05) is 13.0 Å². The molecule has 1 atom stereocenters. The molecular formula is C12H13NO4. The number of H-pyrrole nitrogens is 1. The van der Waals surface area contributed by atoms with Gasteiger partial charge in [0.05, 0.1) is 5.52 Å². The van der Waals surface area contributed by atoms with Crippen molar-refractivity contribution in [3.8, 4) is 0 Å². The van der Waals surface area contributed by atoms with Crippen molar-refractivity contribution in [3.63, 3.8) is 0 Å². The quantitative estimate of drug-likeness (QED) is 0.846. The molecule has 0 radical (unpaired) electrons. The first-order chi connectivity index (χ1) is 8.04. The summed E-state index contributed by atoms with van der Waals surface area (Å²) in [7, 11) is 0. The van der Waals surface area contributed by atoms with Gasteiger partial charge in [-0.25, -0.2) is 4.79 Å². The van der Waals surface area contributed by atoms with E-state index in [1.54, 1.807) is 12.1 Å². The molecule has 0 fully saturated rings. The fraction of sp³-hybridized carbons (Fsp3) is 0.333. The van der Waals surface area contributed by atoms with Crippen molar-refractivity contribution in [2.45, 2.75) is 19.8 Å². The second-order valence-electron chi connectivity index (χ2n) is 4.25. The third-order valence-corrected chi connectivity index (χ3v) is 2.59. The molecule has 1 unspecified atom stereocenters. The van der Waals surface area contributed by atoms with Crippen LogP contribution in [0.5, 0.6) is 0 Å². The topological polar surface area (TPSA) is 83.3 Å². The van der Waals surface area contributed by atoms with E-state index in [1.165, 1.54) is 0 Å². The molecule has 17 heavy (non-hydrogen) atoms. The summed E-state index contributed by atoms with van der Waals surface area (Å²) >= 11 is 0. The maximum atomic E-state index is 11.0. The first-order valence-corrected chi connectivity index (χ1v) is 5.38. The van der Waals surface area contributed by atoms with Crippen LogP contribution in [0, 0.1) is 5.92 Å². The zero-order valence-electron chi connectivity index (χ0n) is 9.40. The molecule has 5 nitrogen and oxygen atoms in total. The Morgan fingerprint density at radius 1 is 1.53 bits per heavy atom. The van der Waals surface area contributed by atoms with E-state index in [1.807, 2.05) is 13.0 Å². The Hall–Kier alpha value is -2.04. The summed E-state index contributed by atoms with van der Waals surface area (Å²) in [5.74, 6) is -1.22. The Morgan fingerprint density at radius 3 is 3.00 bits per heavy atom. The number of oxazole rings is 1. The van der Waals surface area contributed by atoms with Crippen LogP contribution in [-0.2, 0) is 11.2 Å². The maximum Gasteiger partial charge on any atom is 0.417 e. The number of aromatic amines is 1. The molecule has 0 saturated heterocycles. The van der Waals surface area contributed by atoms with Crippen LogP contribution >= 0.6 is 0 Å². The molecule has 0 aliphatic rings. The molecule has 2 N–H and O–H groups in total. The van der Waals surface area contributed by atoms with Gasteiger partial charge in [-0.3, -0.25) is 9.78 Å². The Labute approximate surface area is 97.1 Å². The van der Waals surface area contributed by atoms with Crippen LogP contribution in [0.4, 0.5) is 0 Å². The van der Waals surface area contributed by atoms with Gasteiger partial charge in [-0.2, -0.15) is 0 Å². The first-order valence-electron chi connectivity index (χ1n) is 5.38. The SMILES string of the molecule is CC(CC(=O)O)Cc1ccc2[nH]c(=O)oc2c1. The number of aromatic nitrogens is 1. The van der Waals surface area contributed by atoms with Gasteiger partial charge in [0.2, 0.25) is 0 Å². The summed E-state index contributed by atoms with van der Waals surface area (Å²) in [5.41, 5.74) is 2.13. The standard InChI is InChI=1S/C12H13NO4/c1-7(5-11(14)15)4-8-2-3-9-10(6-8)17-12(16)13-9/h2-3,6-7H,4-5H2,1H3,(H,13,16)(H,14,15). The molecular weight excluding hydrogens is 222 g/mol. The number of carboxylic acid groups (broad SMARTS) is 1. The molecule has 1 aromatic carbocycles. The number of rotatable bonds is 4. The van der Waals surface area contributed by atoms with Crippen LogP contribution in [0.25, 0.3) is 11.1 Å². The maximum absolute atomic E-state index is 11.0. The van der Waals surface area contributed by atoms with E-state index in [0.717, 1.165) is 5.56 Å². The third-order valence-electron chi connectivity index (χ3n) is 2.59. The van der Waals surface area contributed by atoms with E-state index in [2.05, 4.69) is 4.98 Å². The zero-order valence-corrected chi connectivity index (χ0v) is 9.40. The average Bonchev–Trinajstić information content (AvgIpc) is 2.55. The van der Waals surface area contributed by atoms with Gasteiger partial charge in [0.1, 0.15) is 0 Å². The minimum Gasteiger partial charge on any atom is -0.481 e. The van der Waals surface area contributed by atoms with Crippen molar-refractivity contribution in [2.75, 3.05) is 0 Å². The highest BCUT2D eigenvalue weighted by Gasteiger charge is 2.09. The molecule has 1 aromatic heterocycles. The number of hydrogen-bond acceptors (Lipinski definition) is 3. The normalized spacial score (nSPS) is 12.8. The van der Waals surface area contributed by atoms with Crippen LogP contribution in [0.1, 0.15) is 18.9 Å². The summed E-state index contributed by atoms with van der Waals surface area (Å²) < 4.78 is 4.94. The van der Waals surface area contributed by atoms with E-state index in [-0.39, 0.29) is 12.3 Å². The minimum absolute atomic E-state index is 0.0515. The van der Waals surface area contributed by atoms with E-state index in [0.29, 0.717) is 17.5 Å². The highest BCUT2D eigenvalue weighted by molar-refractivity contribution is 5.72. The molecule has 2 aromatic rings. The lowest BCUT2D eigenvalue weighted by molar-refractivity contribution is -0.137. The van der Waals surface area contributed by atoms with Crippen LogP contribution in [-0.4, -0.2) is 16.1 Å². The largest absolute Gasteiger partial charge is 0.481 e. The molecule has 0 bridgehead atoms. The number of hydrogen-bond donors (Lipinski definition) is 2. The van der Waals surface area contributed by atoms with Gasteiger partial charge in [0, 0.05) is 6.42 Å². The highest BCUT2D eigenvalue weighted by atomic mass is 16.4. The summed E-state index contributed by atoms with van der Waals surface area (Å²) in [4.78, 5) is 24.1. The predicted molar refractivity (Wildman–Crippen MR) is 62.0 cm³/mol. The molecule has 0 spiro atoms. The summed E-state index contributed by atoms with van der Waals surface area (Å²) in [5, 5.41) is 8.67. The zero-order chi connectivity index (χ0) is 12.4. The second kappa shape index (κ2) is 4.45. The number of aliphatic carboxylic acids is 1. The van der Waals surface area contributed by atoms with Gasteiger partial charge in [-0.15, -0.1) is 0 Å². The van der Waals surface area contributed by atoms with Crippen LogP contribution in [0.15, 0.2) is 27.4 Å². The number of fused-ring (bicyclic) bond motifs is 1. The van der Waals surface area contributed by atoms with Gasteiger partial charge in [0.25, 0.3) is 0 Å². The lowest BCUT2D eigenvalue weighted by Crippen LogP contribution is -2.06. The second-order valence-corrected chi connectivity index (χ2v) is 4.25. The van der Waals surface area contributed by atoms with Crippen molar-refractivity contribution in [2.24, 2.45) is 5.92 Å². The lowest BCUT2D eigenvalue weighted by Gasteiger charge is -2.07. The Morgan fingerprint density at radius 2 is 2.29 bits per heavy atom. The molecule has 0 saturated carbocycles. The minimum atomic E-state index is -0.799. The molecule has 90 valence electrons. The van der Waals surface area contributed by atoms with E-state index in [4.69, 9.17) is 9.52 Å². The summed E-state index contributed by atoms with van der Waals surface area (Å²) in [6.07, 6.45) is 0.784. The van der Waals surface area contributed by atoms with Gasteiger partial charge >= 0.3 is 11.7 Å². The van der Waals surface area contributed by atoms with Crippen LogP contribution < -0.4 is 5.76 Å². The van der Waals surface area contributed by atoms with Crippen LogP contribution in [0.3, 0.4) is 0 Å². The van der Waals surface area contributed by atoms with Gasteiger partial charge in [-0.05, 0) is 30.0 Å². The van der Waals surface area contributed by atoms with Gasteiger partial charge < -0.3 is 9.52 Å². The van der Waals surface area contributed by atoms with Crippen molar-refractivity contribution in [1.29, 1.82) is 0 Å². The van der Waals surface area contributed by atoms with E-state index < -0.39 is 11.7 Å². The van der Waals surface area contributed by atoms with Crippen molar-refractivity contribution in [3.05, 3.63) is 34.3 Å². The number of benzene rings is 1. The fourth-order valence-electron chi connectivity index (χ4n) is 1.89. The molecule has 2 rings (SSSR count). The average molecular weight is 235 g/mol. The third kappa shape index (κ3) is 2.75. The molecule has 5 heteroatoms. The van der Waals surface area contributed by atoms with Crippen molar-refractivity contribution in [1.82, 2.24) is 4.98 Å². The lowest BCUT2D eigenvalue weighted by atomic mass is 9.98. The smallest absolute Gasteiger partial charge is 0.417 e. The van der Waals surface area contributed by atoms with Crippen molar-refractivity contribution >= 4 is 17.1 Å². The summed E-state index contributed by atoms with van der Waals surface area (Å²) in [6.45, 7) is 1.88. The molecule has 0 amide bonds. The number of nitrogens with one attached hydrogen (secondary N) is 1. The highest BCUT2D eigenvalue weighted by Crippen LogP contribution is 2.17. The van der Waals surface area contributed by atoms with Crippen molar-refractivity contribution < 1.29 is 14.3 Å². The summed E-state index contributed by atoms with van der Waals surface area (Å²) in [6, 6.07) is 5.40. The fourth-order valence-corrected chi connectivity index (χ4v) is 1.89. The number of carbonyl (C=O) groups is 1. The first kappa shape index (κ1) is 11.4. The predicted octanol–water partition coefficient (Wildman–Crippen LogP) is 1.77. The molecule has 0 aliphatic carbocycles. The van der Waals surface area contributed by atoms with E-state index in [9.17, 15) is 9.59 Å².